The lowest BCUT2D eigenvalue weighted by atomic mass is 9.64. The molecule has 1 aliphatic carbocycles. The molecule has 0 heterocycles. The lowest BCUT2D eigenvalue weighted by Gasteiger charge is -2.39. The second-order valence-electron chi connectivity index (χ2n) is 6.38. The number of fused-ring (bicyclic) bond motifs is 3. The van der Waals surface area contributed by atoms with Gasteiger partial charge in [-0.15, -0.1) is 0 Å². The van der Waals surface area contributed by atoms with Gasteiger partial charge in [-0.2, -0.15) is 0 Å². The number of hydrogen-bond acceptors (Lipinski definition) is 0. The van der Waals surface area contributed by atoms with E-state index in [2.05, 4.69) is 76.2 Å². The molecule has 0 nitrogen and oxygen atoms in total. The Labute approximate surface area is 122 Å². The van der Waals surface area contributed by atoms with Crippen LogP contribution in [0.1, 0.15) is 51.2 Å². The van der Waals surface area contributed by atoms with E-state index >= 15 is 0 Å². The van der Waals surface area contributed by atoms with Crippen LogP contribution < -0.4 is 0 Å². The molecule has 0 N–H and O–H groups in total. The van der Waals surface area contributed by atoms with Gasteiger partial charge in [0.15, 0.2) is 0 Å². The van der Waals surface area contributed by atoms with Crippen molar-refractivity contribution in [3.8, 4) is 11.1 Å². The first-order valence-corrected chi connectivity index (χ1v) is 7.58. The molecule has 1 radical (unpaired) electrons. The van der Waals surface area contributed by atoms with Crippen molar-refractivity contribution in [2.75, 3.05) is 0 Å². The summed E-state index contributed by atoms with van der Waals surface area (Å²) in [5.41, 5.74) is 6.07. The molecular formula is C20H23. The van der Waals surface area contributed by atoms with Gasteiger partial charge in [0.2, 0.25) is 0 Å². The summed E-state index contributed by atoms with van der Waals surface area (Å²) in [5.74, 6) is 2.02. The van der Waals surface area contributed by atoms with Crippen molar-refractivity contribution in [1.82, 2.24) is 0 Å². The molecule has 0 saturated carbocycles. The first-order valence-electron chi connectivity index (χ1n) is 7.58. The van der Waals surface area contributed by atoms with E-state index in [4.69, 9.17) is 0 Å². The van der Waals surface area contributed by atoms with Gasteiger partial charge in [0, 0.05) is 5.92 Å². The Bertz CT molecular complexity index is 578. The van der Waals surface area contributed by atoms with Crippen LogP contribution in [0.3, 0.4) is 0 Å². The maximum absolute atomic E-state index is 2.42. The van der Waals surface area contributed by atoms with Gasteiger partial charge < -0.3 is 0 Å². The van der Waals surface area contributed by atoms with Gasteiger partial charge >= 0.3 is 0 Å². The van der Waals surface area contributed by atoms with Crippen LogP contribution in [0.15, 0.2) is 48.5 Å². The van der Waals surface area contributed by atoms with Crippen LogP contribution in [0.4, 0.5) is 0 Å². The van der Waals surface area contributed by atoms with E-state index in [9.17, 15) is 0 Å². The quantitative estimate of drug-likeness (QED) is 0.653. The lowest BCUT2D eigenvalue weighted by molar-refractivity contribution is 0.293. The van der Waals surface area contributed by atoms with Crippen molar-refractivity contribution >= 4 is 0 Å². The summed E-state index contributed by atoms with van der Waals surface area (Å²) in [6.45, 7) is 9.31. The molecule has 1 unspecified atom stereocenters. The topological polar surface area (TPSA) is 0 Å². The molecular weight excluding hydrogens is 240 g/mol. The molecule has 0 saturated heterocycles. The van der Waals surface area contributed by atoms with E-state index in [0.29, 0.717) is 5.92 Å². The minimum atomic E-state index is 0.225. The monoisotopic (exact) mass is 263 g/mol. The van der Waals surface area contributed by atoms with E-state index in [1.807, 2.05) is 0 Å². The minimum absolute atomic E-state index is 0.225. The van der Waals surface area contributed by atoms with Gasteiger partial charge in [0.1, 0.15) is 0 Å². The van der Waals surface area contributed by atoms with Gasteiger partial charge in [-0.3, -0.25) is 0 Å². The van der Waals surface area contributed by atoms with Crippen LogP contribution in [0.2, 0.25) is 0 Å². The summed E-state index contributed by atoms with van der Waals surface area (Å²) in [6.07, 6.45) is 1.17. The van der Waals surface area contributed by atoms with E-state index in [1.54, 1.807) is 0 Å². The van der Waals surface area contributed by atoms with Gasteiger partial charge in [-0.25, -0.2) is 0 Å². The highest BCUT2D eigenvalue weighted by Gasteiger charge is 2.42. The Hall–Kier alpha value is -1.56. The fourth-order valence-electron chi connectivity index (χ4n) is 3.69. The molecule has 0 amide bonds. The third-order valence-electron chi connectivity index (χ3n) is 5.35. The zero-order valence-electron chi connectivity index (χ0n) is 12.9. The summed E-state index contributed by atoms with van der Waals surface area (Å²) < 4.78 is 0. The summed E-state index contributed by atoms with van der Waals surface area (Å²) >= 11 is 0. The zero-order chi connectivity index (χ0) is 14.3. The Balaban J connectivity index is 2.26. The molecule has 0 aromatic heterocycles. The summed E-state index contributed by atoms with van der Waals surface area (Å²) in [4.78, 5) is 0. The van der Waals surface area contributed by atoms with Crippen LogP contribution in [0, 0.1) is 11.3 Å². The Kier molecular flexibility index (Phi) is 3.20. The largest absolute Gasteiger partial charge is 0.0648 e. The summed E-state index contributed by atoms with van der Waals surface area (Å²) in [5, 5.41) is 0. The molecule has 0 aliphatic heterocycles. The van der Waals surface area contributed by atoms with Crippen molar-refractivity contribution < 1.29 is 0 Å². The molecule has 0 bridgehead atoms. The molecule has 20 heavy (non-hydrogen) atoms. The summed E-state index contributed by atoms with van der Waals surface area (Å²) in [6, 6.07) is 17.9. The van der Waals surface area contributed by atoms with E-state index in [1.165, 1.54) is 34.6 Å². The average molecular weight is 263 g/mol. The van der Waals surface area contributed by atoms with E-state index in [0.717, 1.165) is 0 Å². The van der Waals surface area contributed by atoms with Crippen LogP contribution in [0.25, 0.3) is 11.1 Å². The third kappa shape index (κ3) is 1.74. The predicted molar refractivity (Wildman–Crippen MR) is 86.7 cm³/mol. The molecule has 3 rings (SSSR count). The molecule has 1 atom stereocenters. The third-order valence-corrected chi connectivity index (χ3v) is 5.35. The zero-order valence-corrected chi connectivity index (χ0v) is 12.9. The smallest absolute Gasteiger partial charge is 0.0161 e. The number of rotatable bonds is 3. The second kappa shape index (κ2) is 4.77. The first kappa shape index (κ1) is 13.4. The normalized spacial score (nSPS) is 16.9. The van der Waals surface area contributed by atoms with Gasteiger partial charge in [-0.1, -0.05) is 76.2 Å². The highest BCUT2D eigenvalue weighted by atomic mass is 14.5. The van der Waals surface area contributed by atoms with Gasteiger partial charge in [0.25, 0.3) is 0 Å². The molecule has 0 heteroatoms. The standard InChI is InChI=1S/C20H23/c1-5-20(4,14(2)3)19-17-12-8-6-10-15(17)16-11-7-9-13-18(16)19/h6-13,19H,5H2,1-4H3. The molecule has 1 aliphatic rings. The van der Waals surface area contributed by atoms with Crippen molar-refractivity contribution in [2.24, 2.45) is 5.41 Å². The van der Waals surface area contributed by atoms with Crippen LogP contribution in [0.5, 0.6) is 0 Å². The highest BCUT2D eigenvalue weighted by Crippen LogP contribution is 2.56. The second-order valence-corrected chi connectivity index (χ2v) is 6.38. The van der Waals surface area contributed by atoms with Crippen LogP contribution in [-0.4, -0.2) is 0 Å². The molecule has 2 aromatic carbocycles. The maximum Gasteiger partial charge on any atom is 0.0161 e. The molecule has 2 aromatic rings. The molecule has 0 spiro atoms. The first-order chi connectivity index (χ1) is 9.59. The molecule has 103 valence electrons. The fraction of sp³-hybridized carbons (Fsp3) is 0.350. The van der Waals surface area contributed by atoms with E-state index < -0.39 is 0 Å². The Morgan fingerprint density at radius 3 is 1.75 bits per heavy atom. The number of benzene rings is 2. The van der Waals surface area contributed by atoms with E-state index in [-0.39, 0.29) is 5.41 Å². The van der Waals surface area contributed by atoms with Crippen molar-refractivity contribution in [2.45, 2.75) is 40.0 Å². The fourth-order valence-corrected chi connectivity index (χ4v) is 3.69. The maximum atomic E-state index is 2.42. The Morgan fingerprint density at radius 2 is 1.35 bits per heavy atom. The predicted octanol–water partition coefficient (Wildman–Crippen LogP) is 5.83. The van der Waals surface area contributed by atoms with Crippen molar-refractivity contribution in [3.63, 3.8) is 0 Å². The van der Waals surface area contributed by atoms with Crippen molar-refractivity contribution in [3.05, 3.63) is 65.6 Å². The van der Waals surface area contributed by atoms with Crippen LogP contribution in [-0.2, 0) is 0 Å². The Morgan fingerprint density at radius 1 is 0.900 bits per heavy atom. The van der Waals surface area contributed by atoms with Gasteiger partial charge in [0.05, 0.1) is 0 Å². The highest BCUT2D eigenvalue weighted by molar-refractivity contribution is 5.79. The number of hydrogen-bond donors (Lipinski definition) is 0. The van der Waals surface area contributed by atoms with Gasteiger partial charge in [-0.05, 0) is 40.0 Å². The minimum Gasteiger partial charge on any atom is -0.0648 e. The van der Waals surface area contributed by atoms with Crippen molar-refractivity contribution in [1.29, 1.82) is 0 Å². The van der Waals surface area contributed by atoms with Crippen LogP contribution >= 0.6 is 0 Å². The lowest BCUT2D eigenvalue weighted by Crippen LogP contribution is -2.29. The SMILES string of the molecule is CCC(C)([C](C)C)C1c2ccccc2-c2ccccc21. The summed E-state index contributed by atoms with van der Waals surface area (Å²) in [7, 11) is 0. The molecule has 0 fully saturated rings. The average Bonchev–Trinajstić information content (AvgIpc) is 2.81.